The quantitative estimate of drug-likeness (QED) is 0.148. The Bertz CT molecular complexity index is 1370. The Labute approximate surface area is 233 Å². The molecular weight excluding hydrogens is 574 g/mol. The van der Waals surface area contributed by atoms with Crippen LogP contribution in [0.25, 0.3) is 0 Å². The molecule has 0 spiro atoms. The zero-order chi connectivity index (χ0) is 28.4. The number of nitrogens with one attached hydrogen (secondary N) is 2. The van der Waals surface area contributed by atoms with Crippen LogP contribution in [0.4, 0.5) is 0 Å². The summed E-state index contributed by atoms with van der Waals surface area (Å²) in [6.45, 7) is -0.267. The number of amides is 2. The van der Waals surface area contributed by atoms with Gasteiger partial charge in [-0.3, -0.25) is 9.59 Å². The van der Waals surface area contributed by atoms with Crippen molar-refractivity contribution in [2.24, 2.45) is 5.10 Å². The molecule has 0 saturated carbocycles. The maximum absolute atomic E-state index is 12.8. The molecule has 0 radical (unpaired) electrons. The first-order chi connectivity index (χ1) is 18.8. The number of nitrogens with zero attached hydrogens (tertiary/aromatic N) is 1. The van der Waals surface area contributed by atoms with Gasteiger partial charge in [0.25, 0.3) is 11.8 Å². The third-order valence-corrected chi connectivity index (χ3v) is 5.91. The Morgan fingerprint density at radius 3 is 2.13 bits per heavy atom. The van der Waals surface area contributed by atoms with E-state index in [0.29, 0.717) is 32.8 Å². The van der Waals surface area contributed by atoms with E-state index in [1.165, 1.54) is 52.9 Å². The van der Waals surface area contributed by atoms with Crippen LogP contribution in [0.2, 0.25) is 0 Å². The standard InChI is InChI=1S/C27H26BrN3O8/c1-35-21-11-16(14-30-31-24(32)15-29-26(33)18-7-5-6-8-19(18)28)9-10-20(21)39-27(34)17-12-22(36-2)25(38-4)23(13-17)37-3/h5-14H,15H2,1-4H3,(H,29,33)(H,31,32)/b30-14+. The summed E-state index contributed by atoms with van der Waals surface area (Å²) in [4.78, 5) is 37.1. The first kappa shape index (κ1) is 29.0. The summed E-state index contributed by atoms with van der Waals surface area (Å²) in [5.41, 5.74) is 3.47. The third kappa shape index (κ3) is 7.48. The van der Waals surface area contributed by atoms with Crippen LogP contribution in [0, 0.1) is 0 Å². The number of carbonyl (C=O) groups is 3. The Kier molecular flexibility index (Phi) is 10.3. The van der Waals surface area contributed by atoms with Gasteiger partial charge in [-0.2, -0.15) is 5.10 Å². The van der Waals surface area contributed by atoms with Gasteiger partial charge in [0.1, 0.15) is 0 Å². The summed E-state index contributed by atoms with van der Waals surface area (Å²) in [5.74, 6) is -0.229. The van der Waals surface area contributed by atoms with Gasteiger partial charge in [0.15, 0.2) is 23.0 Å². The van der Waals surface area contributed by atoms with E-state index in [0.717, 1.165) is 0 Å². The molecule has 3 rings (SSSR count). The van der Waals surface area contributed by atoms with Crippen molar-refractivity contribution in [1.29, 1.82) is 0 Å². The highest BCUT2D eigenvalue weighted by Gasteiger charge is 2.20. The maximum Gasteiger partial charge on any atom is 0.343 e. The second-order valence-electron chi connectivity index (χ2n) is 7.67. The average molecular weight is 600 g/mol. The van der Waals surface area contributed by atoms with Crippen LogP contribution < -0.4 is 34.4 Å². The Morgan fingerprint density at radius 1 is 0.846 bits per heavy atom. The lowest BCUT2D eigenvalue weighted by Gasteiger charge is -2.14. The fraction of sp³-hybridized carbons (Fsp3) is 0.185. The average Bonchev–Trinajstić information content (AvgIpc) is 2.95. The smallest absolute Gasteiger partial charge is 0.343 e. The van der Waals surface area contributed by atoms with Crippen molar-refractivity contribution in [3.05, 3.63) is 75.8 Å². The number of esters is 1. The number of hydrazone groups is 1. The number of carbonyl (C=O) groups excluding carboxylic acids is 3. The summed E-state index contributed by atoms with van der Waals surface area (Å²) in [5, 5.41) is 6.41. The van der Waals surface area contributed by atoms with Crippen LogP contribution in [0.15, 0.2) is 64.2 Å². The molecule has 0 atom stereocenters. The minimum atomic E-state index is -0.675. The van der Waals surface area contributed by atoms with Crippen molar-refractivity contribution in [3.63, 3.8) is 0 Å². The van der Waals surface area contributed by atoms with Crippen LogP contribution in [0.3, 0.4) is 0 Å². The van der Waals surface area contributed by atoms with Crippen molar-refractivity contribution in [1.82, 2.24) is 10.7 Å². The van der Waals surface area contributed by atoms with Gasteiger partial charge in [0.05, 0.1) is 52.3 Å². The second-order valence-corrected chi connectivity index (χ2v) is 8.52. The topological polar surface area (TPSA) is 134 Å². The van der Waals surface area contributed by atoms with Crippen molar-refractivity contribution in [2.75, 3.05) is 35.0 Å². The molecule has 2 N–H and O–H groups in total. The SMILES string of the molecule is COc1cc(/C=N/NC(=O)CNC(=O)c2ccccc2Br)ccc1OC(=O)c1cc(OC)c(OC)c(OC)c1. The molecular formula is C27H26BrN3O8. The number of hydrogen-bond donors (Lipinski definition) is 2. The van der Waals surface area contributed by atoms with Gasteiger partial charge in [-0.25, -0.2) is 10.2 Å². The molecule has 0 bridgehead atoms. The molecule has 204 valence electrons. The number of hydrogen-bond acceptors (Lipinski definition) is 9. The van der Waals surface area contributed by atoms with Crippen LogP contribution in [-0.4, -0.2) is 59.0 Å². The van der Waals surface area contributed by atoms with Gasteiger partial charge in [-0.05, 0) is 64.0 Å². The number of rotatable bonds is 11. The molecule has 12 heteroatoms. The number of ether oxygens (including phenoxy) is 5. The van der Waals surface area contributed by atoms with E-state index in [1.54, 1.807) is 36.4 Å². The molecule has 2 amide bonds. The molecule has 0 aliphatic carbocycles. The van der Waals surface area contributed by atoms with E-state index in [-0.39, 0.29) is 23.6 Å². The highest BCUT2D eigenvalue weighted by molar-refractivity contribution is 9.10. The third-order valence-electron chi connectivity index (χ3n) is 5.22. The first-order valence-corrected chi connectivity index (χ1v) is 12.1. The van der Waals surface area contributed by atoms with E-state index in [1.807, 2.05) is 0 Å². The molecule has 3 aromatic rings. The molecule has 0 unspecified atom stereocenters. The van der Waals surface area contributed by atoms with Gasteiger partial charge in [-0.1, -0.05) is 12.1 Å². The molecule has 0 fully saturated rings. The Hall–Kier alpha value is -4.58. The van der Waals surface area contributed by atoms with E-state index in [4.69, 9.17) is 23.7 Å². The number of methoxy groups -OCH3 is 4. The van der Waals surface area contributed by atoms with Crippen molar-refractivity contribution in [2.45, 2.75) is 0 Å². The molecule has 0 aliphatic rings. The normalized spacial score (nSPS) is 10.5. The van der Waals surface area contributed by atoms with Gasteiger partial charge in [0, 0.05) is 4.47 Å². The molecule has 0 aromatic heterocycles. The molecule has 3 aromatic carbocycles. The van der Waals surface area contributed by atoms with Crippen LogP contribution in [0.1, 0.15) is 26.3 Å². The van der Waals surface area contributed by atoms with E-state index in [2.05, 4.69) is 31.8 Å². The fourth-order valence-corrected chi connectivity index (χ4v) is 3.79. The predicted molar refractivity (Wildman–Crippen MR) is 146 cm³/mol. The number of halogens is 1. The number of benzene rings is 3. The second kappa shape index (κ2) is 13.8. The van der Waals surface area contributed by atoms with Crippen LogP contribution >= 0.6 is 15.9 Å². The zero-order valence-electron chi connectivity index (χ0n) is 21.6. The fourth-order valence-electron chi connectivity index (χ4n) is 3.33. The molecule has 0 heterocycles. The van der Waals surface area contributed by atoms with Gasteiger partial charge >= 0.3 is 5.97 Å². The van der Waals surface area contributed by atoms with E-state index >= 15 is 0 Å². The minimum Gasteiger partial charge on any atom is -0.493 e. The summed E-state index contributed by atoms with van der Waals surface area (Å²) < 4.78 is 27.3. The zero-order valence-corrected chi connectivity index (χ0v) is 23.2. The first-order valence-electron chi connectivity index (χ1n) is 11.4. The summed E-state index contributed by atoms with van der Waals surface area (Å²) in [6, 6.07) is 14.5. The van der Waals surface area contributed by atoms with Crippen LogP contribution in [-0.2, 0) is 4.79 Å². The molecule has 0 saturated heterocycles. The lowest BCUT2D eigenvalue weighted by molar-refractivity contribution is -0.120. The van der Waals surface area contributed by atoms with E-state index in [9.17, 15) is 14.4 Å². The Balaban J connectivity index is 1.62. The predicted octanol–water partition coefficient (Wildman–Crippen LogP) is 3.58. The molecule has 0 aliphatic heterocycles. The van der Waals surface area contributed by atoms with Gasteiger partial charge in [0.2, 0.25) is 5.75 Å². The van der Waals surface area contributed by atoms with E-state index < -0.39 is 17.8 Å². The highest BCUT2D eigenvalue weighted by Crippen LogP contribution is 2.38. The lowest BCUT2D eigenvalue weighted by Crippen LogP contribution is -2.35. The highest BCUT2D eigenvalue weighted by atomic mass is 79.9. The largest absolute Gasteiger partial charge is 0.493 e. The minimum absolute atomic E-state index is 0.159. The van der Waals surface area contributed by atoms with Crippen LogP contribution in [0.5, 0.6) is 28.7 Å². The van der Waals surface area contributed by atoms with Crippen molar-refractivity contribution in [3.8, 4) is 28.7 Å². The lowest BCUT2D eigenvalue weighted by atomic mass is 10.1. The molecule has 39 heavy (non-hydrogen) atoms. The summed E-state index contributed by atoms with van der Waals surface area (Å²) >= 11 is 3.29. The van der Waals surface area contributed by atoms with Crippen molar-refractivity contribution >= 4 is 39.9 Å². The van der Waals surface area contributed by atoms with Gasteiger partial charge < -0.3 is 29.0 Å². The molecule has 11 nitrogen and oxygen atoms in total. The van der Waals surface area contributed by atoms with Gasteiger partial charge in [-0.15, -0.1) is 0 Å². The summed E-state index contributed by atoms with van der Waals surface area (Å²) in [7, 11) is 5.77. The maximum atomic E-state index is 12.8. The van der Waals surface area contributed by atoms with Crippen molar-refractivity contribution < 1.29 is 38.1 Å². The summed E-state index contributed by atoms with van der Waals surface area (Å²) in [6.07, 6.45) is 1.38. The monoisotopic (exact) mass is 599 g/mol. The Morgan fingerprint density at radius 2 is 1.51 bits per heavy atom.